The Bertz CT molecular complexity index is 307. The fraction of sp³-hybridized carbons (Fsp3) is 0.667. The number of aliphatic hydroxyl groups excluding tert-OH is 1. The first-order valence-electron chi connectivity index (χ1n) is 3.86. The van der Waals surface area contributed by atoms with Crippen molar-refractivity contribution in [1.29, 1.82) is 0 Å². The average Bonchev–Trinajstić information content (AvgIpc) is 2.01. The molecule has 4 N–H and O–H groups in total. The van der Waals surface area contributed by atoms with E-state index in [4.69, 9.17) is 14.9 Å². The lowest BCUT2D eigenvalue weighted by Crippen LogP contribution is -2.10. The molecule has 2 atom stereocenters. The summed E-state index contributed by atoms with van der Waals surface area (Å²) < 4.78 is 22.0. The highest BCUT2D eigenvalue weighted by atomic mass is 32.1. The van der Waals surface area contributed by atoms with Crippen molar-refractivity contribution in [1.82, 2.24) is 5.09 Å². The zero-order valence-corrected chi connectivity index (χ0v) is 9.83. The van der Waals surface area contributed by atoms with E-state index in [2.05, 4.69) is 5.09 Å². The monoisotopic (exact) mass is 243 g/mol. The third-order valence-electron chi connectivity index (χ3n) is 1.50. The lowest BCUT2D eigenvalue weighted by molar-refractivity contribution is 0.331. The minimum absolute atomic E-state index is 0.0292. The van der Waals surface area contributed by atoms with Gasteiger partial charge in [0.1, 0.15) is 0 Å². The maximum Gasteiger partial charge on any atom is 0.348 e. The van der Waals surface area contributed by atoms with Crippen LogP contribution in [0.25, 0.3) is 0 Å². The molecule has 84 valence electrons. The van der Waals surface area contributed by atoms with E-state index in [1.807, 2.05) is 0 Å². The van der Waals surface area contributed by atoms with E-state index < -0.39 is 14.3 Å². The molecule has 0 rings (SSSR count). The van der Waals surface area contributed by atoms with Crippen molar-refractivity contribution < 1.29 is 24.0 Å². The molecule has 0 aromatic carbocycles. The van der Waals surface area contributed by atoms with Gasteiger partial charge in [0.25, 0.3) is 7.06 Å². The highest BCUT2D eigenvalue weighted by molar-refractivity contribution is 8.30. The molecule has 0 heterocycles. The second-order valence-corrected chi connectivity index (χ2v) is 9.88. The van der Waals surface area contributed by atoms with Crippen LogP contribution in [0, 0.1) is 0 Å². The average molecular weight is 243 g/mol. The molecule has 0 aromatic rings. The summed E-state index contributed by atoms with van der Waals surface area (Å²) in [6, 6.07) is 0. The normalized spacial score (nSPS) is 21.4. The van der Waals surface area contributed by atoms with Gasteiger partial charge in [-0.15, -0.1) is 0 Å². The van der Waals surface area contributed by atoms with E-state index in [0.29, 0.717) is 5.57 Å². The van der Waals surface area contributed by atoms with Gasteiger partial charge in [0.15, 0.2) is 0 Å². The second-order valence-electron chi connectivity index (χ2n) is 2.95. The van der Waals surface area contributed by atoms with Gasteiger partial charge in [-0.25, -0.2) is 5.09 Å². The highest BCUT2D eigenvalue weighted by Gasteiger charge is 2.35. The Morgan fingerprint density at radius 3 is 2.29 bits per heavy atom. The summed E-state index contributed by atoms with van der Waals surface area (Å²) in [5.74, 6) is 0. The number of hydrogen-bond acceptors (Lipinski definition) is 3. The first-order chi connectivity index (χ1) is 6.20. The number of rotatable bonds is 5. The summed E-state index contributed by atoms with van der Waals surface area (Å²) in [4.78, 5) is 18.0. The van der Waals surface area contributed by atoms with Crippen molar-refractivity contribution in [3.8, 4) is 0 Å². The van der Waals surface area contributed by atoms with Gasteiger partial charge >= 0.3 is 7.21 Å². The number of nitrogens with one attached hydrogen (secondary N) is 1. The molecular weight excluding hydrogens is 228 g/mol. The van der Waals surface area contributed by atoms with Gasteiger partial charge in [-0.05, 0) is 6.92 Å². The zero-order valence-electron chi connectivity index (χ0n) is 8.04. The molecule has 6 nitrogen and oxygen atoms in total. The molecule has 0 bridgehead atoms. The van der Waals surface area contributed by atoms with Gasteiger partial charge in [-0.1, -0.05) is 11.6 Å². The molecule has 0 aliphatic rings. The summed E-state index contributed by atoms with van der Waals surface area (Å²) in [6.45, 7) is 2.27. The third-order valence-corrected chi connectivity index (χ3v) is 6.54. The Morgan fingerprint density at radius 1 is 1.43 bits per heavy atom. The molecular formula is C6H15NO5P2. The third kappa shape index (κ3) is 4.51. The van der Waals surface area contributed by atoms with Crippen molar-refractivity contribution >= 4 is 14.3 Å². The van der Waals surface area contributed by atoms with Crippen LogP contribution in [0.2, 0.25) is 0 Å². The summed E-state index contributed by atoms with van der Waals surface area (Å²) in [6.07, 6.45) is 1.47. The molecule has 0 amide bonds. The van der Waals surface area contributed by atoms with Crippen LogP contribution in [0.1, 0.15) is 6.92 Å². The maximum absolute atomic E-state index is 11.1. The van der Waals surface area contributed by atoms with Crippen molar-refractivity contribution in [3.63, 3.8) is 0 Å². The standard InChI is InChI=1S/C6H15NO5P2/c1-6(5-8)3-4-7-14(11,12)13(2,9)10/h3,8H,4-5H2,1-2H3,(H,9,10)(H2,7,11,12)/b6-3+. The van der Waals surface area contributed by atoms with Crippen LogP contribution >= 0.6 is 14.3 Å². The lowest BCUT2D eigenvalue weighted by atomic mass is 10.3. The molecule has 0 aliphatic carbocycles. The molecule has 8 heteroatoms. The fourth-order valence-electron chi connectivity index (χ4n) is 0.535. The topological polar surface area (TPSA) is 107 Å². The van der Waals surface area contributed by atoms with Crippen molar-refractivity contribution in [2.75, 3.05) is 19.8 Å². The molecule has 0 spiro atoms. The lowest BCUT2D eigenvalue weighted by Gasteiger charge is -2.14. The van der Waals surface area contributed by atoms with Gasteiger partial charge in [-0.2, -0.15) is 0 Å². The SMILES string of the molecule is C/C(=C\CNP(=O)(O)P(C)(=O)O)CO. The molecule has 0 saturated carbocycles. The summed E-state index contributed by atoms with van der Waals surface area (Å²) in [7, 11) is -8.24. The van der Waals surface area contributed by atoms with E-state index in [1.165, 1.54) is 6.08 Å². The van der Waals surface area contributed by atoms with Gasteiger partial charge < -0.3 is 14.9 Å². The Labute approximate surface area is 82.5 Å². The molecule has 0 saturated heterocycles. The first kappa shape index (κ1) is 14.0. The Hall–Kier alpha value is 0.0400. The Balaban J connectivity index is 4.29. The first-order valence-corrected chi connectivity index (χ1v) is 8.33. The summed E-state index contributed by atoms with van der Waals surface area (Å²) in [5.41, 5.74) is 0.612. The summed E-state index contributed by atoms with van der Waals surface area (Å²) in [5, 5.41) is 10.7. The van der Waals surface area contributed by atoms with Gasteiger partial charge in [-0.3, -0.25) is 9.13 Å². The van der Waals surface area contributed by atoms with E-state index in [0.717, 1.165) is 6.66 Å². The van der Waals surface area contributed by atoms with E-state index in [1.54, 1.807) is 6.92 Å². The molecule has 2 unspecified atom stereocenters. The van der Waals surface area contributed by atoms with Crippen molar-refractivity contribution in [2.45, 2.75) is 6.92 Å². The molecule has 0 fully saturated rings. The number of hydrogen-bond donors (Lipinski definition) is 4. The highest BCUT2D eigenvalue weighted by Crippen LogP contribution is 2.71. The minimum Gasteiger partial charge on any atom is -0.392 e. The van der Waals surface area contributed by atoms with E-state index in [9.17, 15) is 9.13 Å². The maximum atomic E-state index is 11.1. The van der Waals surface area contributed by atoms with Crippen LogP contribution in [0.5, 0.6) is 0 Å². The predicted molar refractivity (Wildman–Crippen MR) is 54.4 cm³/mol. The quantitative estimate of drug-likeness (QED) is 0.414. The van der Waals surface area contributed by atoms with E-state index in [-0.39, 0.29) is 13.2 Å². The predicted octanol–water partition coefficient (Wildman–Crippen LogP) is 0.515. The number of aliphatic hydroxyl groups is 1. The zero-order chi connectivity index (χ0) is 11.4. The smallest absolute Gasteiger partial charge is 0.348 e. The van der Waals surface area contributed by atoms with Crippen LogP contribution < -0.4 is 5.09 Å². The molecule has 0 aromatic heterocycles. The van der Waals surface area contributed by atoms with Gasteiger partial charge in [0.2, 0.25) is 0 Å². The van der Waals surface area contributed by atoms with Crippen molar-refractivity contribution in [3.05, 3.63) is 11.6 Å². The molecule has 0 radical (unpaired) electrons. The van der Waals surface area contributed by atoms with Crippen molar-refractivity contribution in [2.24, 2.45) is 0 Å². The van der Waals surface area contributed by atoms with Crippen LogP contribution in [0.4, 0.5) is 0 Å². The van der Waals surface area contributed by atoms with Gasteiger partial charge in [0, 0.05) is 13.2 Å². The van der Waals surface area contributed by atoms with Crippen LogP contribution in [0.15, 0.2) is 11.6 Å². The Kier molecular flexibility index (Phi) is 5.23. The van der Waals surface area contributed by atoms with Crippen LogP contribution in [-0.2, 0) is 9.13 Å². The van der Waals surface area contributed by atoms with Crippen LogP contribution in [-0.4, -0.2) is 34.7 Å². The minimum atomic E-state index is -4.21. The molecule has 0 aliphatic heterocycles. The van der Waals surface area contributed by atoms with Gasteiger partial charge in [0.05, 0.1) is 6.61 Å². The second kappa shape index (κ2) is 5.21. The Morgan fingerprint density at radius 2 is 1.93 bits per heavy atom. The fourth-order valence-corrected chi connectivity index (χ4v) is 2.16. The van der Waals surface area contributed by atoms with Crippen LogP contribution in [0.3, 0.4) is 0 Å². The van der Waals surface area contributed by atoms with E-state index >= 15 is 0 Å². The molecule has 14 heavy (non-hydrogen) atoms. The largest absolute Gasteiger partial charge is 0.392 e. The summed E-state index contributed by atoms with van der Waals surface area (Å²) >= 11 is 0.